The minimum Gasteiger partial charge on any atom is -0.481 e. The largest absolute Gasteiger partial charge is 0.500 e. The van der Waals surface area contributed by atoms with Crippen molar-refractivity contribution in [2.45, 2.75) is 32.2 Å². The number of carboxylic acid groups (broad SMARTS) is 2. The molecule has 0 aliphatic rings. The molecular weight excluding hydrogens is 260 g/mol. The fraction of sp³-hybridized carbons (Fsp3) is 0.800. The van der Waals surface area contributed by atoms with Crippen molar-refractivity contribution in [3.8, 4) is 0 Å². The van der Waals surface area contributed by atoms with Crippen LogP contribution in [0.4, 0.5) is 0 Å². The van der Waals surface area contributed by atoms with Crippen molar-refractivity contribution in [1.82, 2.24) is 0 Å². The number of aliphatic carboxylic acids is 2. The summed E-state index contributed by atoms with van der Waals surface area (Å²) >= 11 is 0. The number of carbonyl (C=O) groups is 2. The van der Waals surface area contributed by atoms with Crippen LogP contribution in [0.3, 0.4) is 0 Å². The van der Waals surface area contributed by atoms with E-state index in [1.807, 2.05) is 0 Å². The predicted octanol–water partition coefficient (Wildman–Crippen LogP) is 1.21. The average molecular weight is 282 g/mol. The number of hydrogen-bond donors (Lipinski definition) is 2. The van der Waals surface area contributed by atoms with Crippen LogP contribution >= 0.6 is 0 Å². The molecule has 0 saturated carbocycles. The zero-order valence-electron chi connectivity index (χ0n) is 11.3. The monoisotopic (exact) mass is 282 g/mol. The standard InChI is InChI=1S/C6H16O3Si.C4H6O4/c1-5-6-10(7-2,8-3)9-4;5-3(6)1-2-4(7)8/h5-6H2,1-4H3;1-2H2,(H,5,6)(H,7,8). The van der Waals surface area contributed by atoms with Crippen LogP contribution < -0.4 is 0 Å². The van der Waals surface area contributed by atoms with Crippen LogP contribution in [0.2, 0.25) is 6.04 Å². The summed E-state index contributed by atoms with van der Waals surface area (Å²) in [6, 6.07) is 0.885. The number of rotatable bonds is 8. The second kappa shape index (κ2) is 11.1. The third kappa shape index (κ3) is 10.2. The van der Waals surface area contributed by atoms with Crippen LogP contribution in [0.5, 0.6) is 0 Å². The fourth-order valence-electron chi connectivity index (χ4n) is 1.08. The summed E-state index contributed by atoms with van der Waals surface area (Å²) in [6.45, 7) is 2.08. The highest BCUT2D eigenvalue weighted by molar-refractivity contribution is 6.60. The van der Waals surface area contributed by atoms with Gasteiger partial charge in [0.1, 0.15) is 0 Å². The summed E-state index contributed by atoms with van der Waals surface area (Å²) in [7, 11) is 2.68. The zero-order chi connectivity index (χ0) is 14.6. The molecule has 8 heteroatoms. The van der Waals surface area contributed by atoms with Gasteiger partial charge in [-0.1, -0.05) is 13.3 Å². The summed E-state index contributed by atoms with van der Waals surface area (Å²) in [5.41, 5.74) is 0. The van der Waals surface area contributed by atoms with E-state index in [4.69, 9.17) is 23.5 Å². The first-order chi connectivity index (χ1) is 8.37. The van der Waals surface area contributed by atoms with Gasteiger partial charge in [0.15, 0.2) is 0 Å². The lowest BCUT2D eigenvalue weighted by Gasteiger charge is -2.23. The van der Waals surface area contributed by atoms with Gasteiger partial charge in [0, 0.05) is 27.4 Å². The van der Waals surface area contributed by atoms with Gasteiger partial charge in [-0.2, -0.15) is 0 Å². The van der Waals surface area contributed by atoms with E-state index in [-0.39, 0.29) is 12.8 Å². The summed E-state index contributed by atoms with van der Waals surface area (Å²) in [5.74, 6) is -2.15. The number of hydrogen-bond acceptors (Lipinski definition) is 5. The molecule has 108 valence electrons. The van der Waals surface area contributed by atoms with Crippen molar-refractivity contribution in [1.29, 1.82) is 0 Å². The fourth-order valence-corrected chi connectivity index (χ4v) is 2.80. The minimum absolute atomic E-state index is 0.296. The Labute approximate surface area is 108 Å². The van der Waals surface area contributed by atoms with E-state index < -0.39 is 20.7 Å². The third-order valence-corrected chi connectivity index (χ3v) is 5.02. The van der Waals surface area contributed by atoms with Gasteiger partial charge in [-0.3, -0.25) is 9.59 Å². The molecule has 0 unspecified atom stereocenters. The van der Waals surface area contributed by atoms with Gasteiger partial charge in [0.05, 0.1) is 12.8 Å². The highest BCUT2D eigenvalue weighted by Crippen LogP contribution is 2.13. The van der Waals surface area contributed by atoms with Crippen LogP contribution in [0, 0.1) is 0 Å². The van der Waals surface area contributed by atoms with Crippen LogP contribution in [-0.2, 0) is 22.9 Å². The molecule has 0 aliphatic carbocycles. The Hall–Kier alpha value is -0.963. The first kappa shape index (κ1) is 19.4. The zero-order valence-corrected chi connectivity index (χ0v) is 12.3. The molecule has 0 bridgehead atoms. The van der Waals surface area contributed by atoms with E-state index in [1.165, 1.54) is 0 Å². The van der Waals surface area contributed by atoms with Crippen molar-refractivity contribution >= 4 is 20.7 Å². The van der Waals surface area contributed by atoms with E-state index in [9.17, 15) is 9.59 Å². The Bertz CT molecular complexity index is 218. The average Bonchev–Trinajstić information content (AvgIpc) is 2.34. The molecule has 0 atom stereocenters. The number of carboxylic acids is 2. The molecule has 18 heavy (non-hydrogen) atoms. The van der Waals surface area contributed by atoms with Crippen LogP contribution in [0.15, 0.2) is 0 Å². The van der Waals surface area contributed by atoms with Gasteiger partial charge >= 0.3 is 20.7 Å². The molecule has 0 aliphatic heterocycles. The highest BCUT2D eigenvalue weighted by atomic mass is 28.4. The molecule has 0 rings (SSSR count). The van der Waals surface area contributed by atoms with Gasteiger partial charge in [-0.15, -0.1) is 0 Å². The molecule has 0 fully saturated rings. The molecular formula is C10H22O7Si. The Morgan fingerprint density at radius 2 is 1.28 bits per heavy atom. The summed E-state index contributed by atoms with van der Waals surface area (Å²) in [6.07, 6.45) is 0.437. The van der Waals surface area contributed by atoms with Gasteiger partial charge in [-0.05, 0) is 0 Å². The molecule has 0 aromatic carbocycles. The summed E-state index contributed by atoms with van der Waals surface area (Å²) < 4.78 is 15.5. The molecule has 0 amide bonds. The van der Waals surface area contributed by atoms with Gasteiger partial charge in [0.25, 0.3) is 0 Å². The summed E-state index contributed by atoms with van der Waals surface area (Å²) in [4.78, 5) is 19.3. The maximum Gasteiger partial charge on any atom is 0.500 e. The highest BCUT2D eigenvalue weighted by Gasteiger charge is 2.36. The SMILES string of the molecule is CCC[Si](OC)(OC)OC.O=C(O)CCC(=O)O. The van der Waals surface area contributed by atoms with Crippen molar-refractivity contribution in [2.75, 3.05) is 21.3 Å². The first-order valence-corrected chi connectivity index (χ1v) is 7.39. The van der Waals surface area contributed by atoms with Gasteiger partial charge in [-0.25, -0.2) is 0 Å². The lowest BCUT2D eigenvalue weighted by Crippen LogP contribution is -2.42. The Morgan fingerprint density at radius 1 is 0.944 bits per heavy atom. The molecule has 2 N–H and O–H groups in total. The van der Waals surface area contributed by atoms with E-state index in [2.05, 4.69) is 6.92 Å². The molecule has 7 nitrogen and oxygen atoms in total. The lowest BCUT2D eigenvalue weighted by atomic mass is 10.3. The predicted molar refractivity (Wildman–Crippen MR) is 66.4 cm³/mol. The van der Waals surface area contributed by atoms with E-state index in [0.717, 1.165) is 12.5 Å². The normalized spacial score (nSPS) is 10.4. The van der Waals surface area contributed by atoms with Crippen molar-refractivity contribution < 1.29 is 33.1 Å². The molecule has 0 radical (unpaired) electrons. The van der Waals surface area contributed by atoms with Crippen LogP contribution in [0.1, 0.15) is 26.2 Å². The van der Waals surface area contributed by atoms with Crippen LogP contribution in [-0.4, -0.2) is 52.3 Å². The summed E-state index contributed by atoms with van der Waals surface area (Å²) in [5, 5.41) is 15.8. The topological polar surface area (TPSA) is 102 Å². The Morgan fingerprint density at radius 3 is 1.39 bits per heavy atom. The second-order valence-corrected chi connectivity index (χ2v) is 6.42. The molecule has 0 spiro atoms. The minimum atomic E-state index is -2.22. The Kier molecular flexibility index (Phi) is 12.0. The van der Waals surface area contributed by atoms with Crippen molar-refractivity contribution in [3.63, 3.8) is 0 Å². The Balaban J connectivity index is 0. The van der Waals surface area contributed by atoms with Crippen molar-refractivity contribution in [3.05, 3.63) is 0 Å². The maximum atomic E-state index is 9.64. The molecule has 0 aromatic heterocycles. The van der Waals surface area contributed by atoms with Gasteiger partial charge < -0.3 is 23.5 Å². The van der Waals surface area contributed by atoms with E-state index in [1.54, 1.807) is 21.3 Å². The second-order valence-electron chi connectivity index (χ2n) is 3.33. The third-order valence-electron chi connectivity index (χ3n) is 2.04. The molecule has 0 heterocycles. The van der Waals surface area contributed by atoms with Crippen molar-refractivity contribution in [2.24, 2.45) is 0 Å². The quantitative estimate of drug-likeness (QED) is 0.645. The van der Waals surface area contributed by atoms with E-state index >= 15 is 0 Å². The van der Waals surface area contributed by atoms with E-state index in [0.29, 0.717) is 0 Å². The lowest BCUT2D eigenvalue weighted by molar-refractivity contribution is -0.143. The molecule has 0 saturated heterocycles. The van der Waals surface area contributed by atoms with Gasteiger partial charge in [0.2, 0.25) is 0 Å². The first-order valence-electron chi connectivity index (χ1n) is 5.46. The molecule has 0 aromatic rings. The van der Waals surface area contributed by atoms with Crippen LogP contribution in [0.25, 0.3) is 0 Å². The smallest absolute Gasteiger partial charge is 0.481 e. The maximum absolute atomic E-state index is 9.64.